The molecular formula is C13H19N3O4. The largest absolute Gasteiger partial charge is 0.481 e. The molecule has 2 amide bonds. The molecule has 7 nitrogen and oxygen atoms in total. The molecule has 0 aromatic carbocycles. The van der Waals surface area contributed by atoms with E-state index in [0.29, 0.717) is 37.6 Å². The van der Waals surface area contributed by atoms with Crippen LogP contribution in [-0.4, -0.2) is 40.1 Å². The van der Waals surface area contributed by atoms with Crippen molar-refractivity contribution in [1.29, 1.82) is 0 Å². The maximum absolute atomic E-state index is 12.0. The molecule has 2 heterocycles. The van der Waals surface area contributed by atoms with Crippen LogP contribution in [0.25, 0.3) is 0 Å². The zero-order valence-corrected chi connectivity index (χ0v) is 11.7. The molecule has 0 bridgehead atoms. The Morgan fingerprint density at radius 2 is 2.15 bits per heavy atom. The standard InChI is InChI=1S/C13H19N3O4/c1-9-7-14-10(20-9)8-15-12(19)16-5-3-13(2,4-6-16)11(17)18/h7H,3-6,8H2,1-2H3,(H,15,19)(H,17,18). The summed E-state index contributed by atoms with van der Waals surface area (Å²) in [4.78, 5) is 28.7. The highest BCUT2D eigenvalue weighted by atomic mass is 16.4. The lowest BCUT2D eigenvalue weighted by molar-refractivity contribution is -0.150. The van der Waals surface area contributed by atoms with E-state index >= 15 is 0 Å². The van der Waals surface area contributed by atoms with E-state index in [1.54, 1.807) is 24.9 Å². The summed E-state index contributed by atoms with van der Waals surface area (Å²) in [6, 6.07) is -0.215. The molecule has 2 N–H and O–H groups in total. The van der Waals surface area contributed by atoms with Crippen molar-refractivity contribution in [2.75, 3.05) is 13.1 Å². The molecule has 1 fully saturated rings. The second-order valence-corrected chi connectivity index (χ2v) is 5.38. The van der Waals surface area contributed by atoms with Crippen molar-refractivity contribution in [3.8, 4) is 0 Å². The molecule has 0 radical (unpaired) electrons. The molecule has 1 saturated heterocycles. The molecular weight excluding hydrogens is 262 g/mol. The van der Waals surface area contributed by atoms with Gasteiger partial charge in [0, 0.05) is 13.1 Å². The van der Waals surface area contributed by atoms with E-state index in [-0.39, 0.29) is 12.6 Å². The van der Waals surface area contributed by atoms with Gasteiger partial charge in [-0.3, -0.25) is 4.79 Å². The van der Waals surface area contributed by atoms with Crippen molar-refractivity contribution < 1.29 is 19.1 Å². The average Bonchev–Trinajstić information content (AvgIpc) is 2.82. The number of likely N-dealkylation sites (tertiary alicyclic amines) is 1. The number of carboxylic acid groups (broad SMARTS) is 1. The van der Waals surface area contributed by atoms with Gasteiger partial charge in [0.05, 0.1) is 18.2 Å². The minimum Gasteiger partial charge on any atom is -0.481 e. The van der Waals surface area contributed by atoms with Crippen LogP contribution in [0.2, 0.25) is 0 Å². The molecule has 20 heavy (non-hydrogen) atoms. The van der Waals surface area contributed by atoms with Crippen molar-refractivity contribution in [2.45, 2.75) is 33.2 Å². The van der Waals surface area contributed by atoms with Crippen LogP contribution in [0.15, 0.2) is 10.6 Å². The first kappa shape index (κ1) is 14.4. The number of aryl methyl sites for hydroxylation is 1. The lowest BCUT2D eigenvalue weighted by Gasteiger charge is -2.36. The van der Waals surface area contributed by atoms with Gasteiger partial charge in [-0.2, -0.15) is 0 Å². The average molecular weight is 281 g/mol. The number of carbonyl (C=O) groups excluding carboxylic acids is 1. The summed E-state index contributed by atoms with van der Waals surface area (Å²) in [5.74, 6) is 0.362. The number of urea groups is 1. The third-order valence-electron chi connectivity index (χ3n) is 3.73. The van der Waals surface area contributed by atoms with Gasteiger partial charge in [-0.1, -0.05) is 0 Å². The number of carboxylic acids is 1. The summed E-state index contributed by atoms with van der Waals surface area (Å²) in [5, 5.41) is 11.9. The third kappa shape index (κ3) is 3.09. The van der Waals surface area contributed by atoms with Gasteiger partial charge in [-0.25, -0.2) is 9.78 Å². The summed E-state index contributed by atoms with van der Waals surface area (Å²) in [6.07, 6.45) is 2.53. The van der Waals surface area contributed by atoms with E-state index in [1.165, 1.54) is 0 Å². The molecule has 1 aliphatic heterocycles. The maximum Gasteiger partial charge on any atom is 0.317 e. The van der Waals surface area contributed by atoms with Crippen molar-refractivity contribution in [3.05, 3.63) is 17.8 Å². The zero-order valence-electron chi connectivity index (χ0n) is 11.7. The van der Waals surface area contributed by atoms with Crippen LogP contribution in [0, 0.1) is 12.3 Å². The Balaban J connectivity index is 1.81. The summed E-state index contributed by atoms with van der Waals surface area (Å²) in [6.45, 7) is 4.63. The molecule has 0 unspecified atom stereocenters. The Labute approximate surface area is 117 Å². The molecule has 110 valence electrons. The summed E-state index contributed by atoms with van der Waals surface area (Å²) in [7, 11) is 0. The van der Waals surface area contributed by atoms with Gasteiger partial charge in [0.2, 0.25) is 5.89 Å². The van der Waals surface area contributed by atoms with Crippen molar-refractivity contribution in [2.24, 2.45) is 5.41 Å². The number of oxazole rings is 1. The fourth-order valence-corrected chi connectivity index (χ4v) is 2.16. The van der Waals surface area contributed by atoms with Gasteiger partial charge in [-0.15, -0.1) is 0 Å². The number of hydrogen-bond donors (Lipinski definition) is 2. The van der Waals surface area contributed by atoms with Crippen LogP contribution in [-0.2, 0) is 11.3 Å². The van der Waals surface area contributed by atoms with Crippen LogP contribution in [0.4, 0.5) is 4.79 Å². The summed E-state index contributed by atoms with van der Waals surface area (Å²) >= 11 is 0. The van der Waals surface area contributed by atoms with E-state index < -0.39 is 11.4 Å². The topological polar surface area (TPSA) is 95.7 Å². The zero-order chi connectivity index (χ0) is 14.8. The molecule has 2 rings (SSSR count). The predicted molar refractivity (Wildman–Crippen MR) is 70.0 cm³/mol. The number of aromatic nitrogens is 1. The number of rotatable bonds is 3. The Bertz CT molecular complexity index is 503. The Kier molecular flexibility index (Phi) is 3.96. The predicted octanol–water partition coefficient (Wildman–Crippen LogP) is 1.38. The number of amides is 2. The summed E-state index contributed by atoms with van der Waals surface area (Å²) < 4.78 is 5.26. The highest BCUT2D eigenvalue weighted by Crippen LogP contribution is 2.30. The van der Waals surface area contributed by atoms with E-state index in [2.05, 4.69) is 10.3 Å². The molecule has 0 saturated carbocycles. The Morgan fingerprint density at radius 3 is 2.65 bits per heavy atom. The highest BCUT2D eigenvalue weighted by molar-refractivity contribution is 5.76. The van der Waals surface area contributed by atoms with Crippen LogP contribution in [0.5, 0.6) is 0 Å². The number of nitrogens with zero attached hydrogens (tertiary/aromatic N) is 2. The quantitative estimate of drug-likeness (QED) is 0.872. The second kappa shape index (κ2) is 5.52. The minimum atomic E-state index is -0.798. The first-order chi connectivity index (χ1) is 9.40. The first-order valence-electron chi connectivity index (χ1n) is 6.58. The van der Waals surface area contributed by atoms with Gasteiger partial charge in [0.15, 0.2) is 0 Å². The first-order valence-corrected chi connectivity index (χ1v) is 6.58. The fourth-order valence-electron chi connectivity index (χ4n) is 2.16. The normalized spacial score (nSPS) is 17.8. The monoisotopic (exact) mass is 281 g/mol. The molecule has 1 aromatic rings. The molecule has 1 aliphatic rings. The van der Waals surface area contributed by atoms with E-state index in [1.807, 2.05) is 0 Å². The number of nitrogens with one attached hydrogen (secondary N) is 1. The van der Waals surface area contributed by atoms with Gasteiger partial charge in [0.25, 0.3) is 0 Å². The highest BCUT2D eigenvalue weighted by Gasteiger charge is 2.37. The van der Waals surface area contributed by atoms with Gasteiger partial charge in [0.1, 0.15) is 5.76 Å². The molecule has 7 heteroatoms. The smallest absolute Gasteiger partial charge is 0.317 e. The molecule has 1 aromatic heterocycles. The minimum absolute atomic E-state index is 0.215. The van der Waals surface area contributed by atoms with Crippen molar-refractivity contribution in [1.82, 2.24) is 15.2 Å². The van der Waals surface area contributed by atoms with E-state index in [9.17, 15) is 9.59 Å². The second-order valence-electron chi connectivity index (χ2n) is 5.38. The number of carbonyl (C=O) groups is 2. The van der Waals surface area contributed by atoms with E-state index in [0.717, 1.165) is 0 Å². The number of aliphatic carboxylic acids is 1. The maximum atomic E-state index is 12.0. The van der Waals surface area contributed by atoms with Crippen molar-refractivity contribution in [3.63, 3.8) is 0 Å². The van der Waals surface area contributed by atoms with Crippen LogP contribution >= 0.6 is 0 Å². The van der Waals surface area contributed by atoms with Gasteiger partial charge < -0.3 is 19.7 Å². The van der Waals surface area contributed by atoms with Crippen LogP contribution in [0.1, 0.15) is 31.4 Å². The van der Waals surface area contributed by atoms with Crippen LogP contribution < -0.4 is 5.32 Å². The fraction of sp³-hybridized carbons (Fsp3) is 0.615. The van der Waals surface area contributed by atoms with Gasteiger partial charge in [-0.05, 0) is 26.7 Å². The number of hydrogen-bond acceptors (Lipinski definition) is 4. The third-order valence-corrected chi connectivity index (χ3v) is 3.73. The number of piperidine rings is 1. The molecule has 0 aliphatic carbocycles. The van der Waals surface area contributed by atoms with Crippen LogP contribution in [0.3, 0.4) is 0 Å². The Hall–Kier alpha value is -2.05. The lowest BCUT2D eigenvalue weighted by atomic mass is 9.80. The molecule has 0 spiro atoms. The molecule has 0 atom stereocenters. The van der Waals surface area contributed by atoms with E-state index in [4.69, 9.17) is 9.52 Å². The SMILES string of the molecule is Cc1cnc(CNC(=O)N2CCC(C)(C(=O)O)CC2)o1. The van der Waals surface area contributed by atoms with Crippen molar-refractivity contribution >= 4 is 12.0 Å². The Morgan fingerprint density at radius 1 is 1.50 bits per heavy atom. The van der Waals surface area contributed by atoms with Gasteiger partial charge >= 0.3 is 12.0 Å². The summed E-state index contributed by atoms with van der Waals surface area (Å²) in [5.41, 5.74) is -0.726. The lowest BCUT2D eigenvalue weighted by Crippen LogP contribution is -2.48.